The van der Waals surface area contributed by atoms with Crippen molar-refractivity contribution < 1.29 is 14.3 Å². The van der Waals surface area contributed by atoms with E-state index >= 15 is 0 Å². The highest BCUT2D eigenvalue weighted by atomic mass is 32.2. The molecule has 0 aromatic heterocycles. The zero-order valence-corrected chi connectivity index (χ0v) is 16.9. The van der Waals surface area contributed by atoms with E-state index in [1.165, 1.54) is 15.6 Å². The molecule has 140 valence electrons. The second-order valence-corrected chi connectivity index (χ2v) is 9.46. The molecule has 0 N–H and O–H groups in total. The van der Waals surface area contributed by atoms with E-state index in [4.69, 9.17) is 4.74 Å². The quantitative estimate of drug-likeness (QED) is 0.736. The standard InChI is InChI=1S/C20H25NO3S2/c1-14(2)17-13-24-20(23)21(17)19(22)16(11-15-7-4-3-5-8-15)12-18-25-9-6-10-26-18/h3-5,7-8,12,14,16-17H,6,9-11,13H2,1-2H3/t16-,17+/m0/s1. The number of hydrogen-bond acceptors (Lipinski definition) is 5. The van der Waals surface area contributed by atoms with Gasteiger partial charge in [0.05, 0.1) is 12.0 Å². The van der Waals surface area contributed by atoms with Crippen molar-refractivity contribution in [2.75, 3.05) is 18.1 Å². The summed E-state index contributed by atoms with van der Waals surface area (Å²) in [5.74, 6) is 1.86. The van der Waals surface area contributed by atoms with Crippen molar-refractivity contribution in [3.63, 3.8) is 0 Å². The lowest BCUT2D eigenvalue weighted by Gasteiger charge is -2.26. The molecular formula is C20H25NO3S2. The summed E-state index contributed by atoms with van der Waals surface area (Å²) in [6.07, 6.45) is 3.35. The summed E-state index contributed by atoms with van der Waals surface area (Å²) in [7, 11) is 0. The third-order valence-corrected chi connectivity index (χ3v) is 7.18. The second kappa shape index (κ2) is 9.00. The Morgan fingerprint density at radius 1 is 1.27 bits per heavy atom. The lowest BCUT2D eigenvalue weighted by atomic mass is 9.96. The first kappa shape index (κ1) is 19.4. The molecule has 0 aliphatic carbocycles. The van der Waals surface area contributed by atoms with Gasteiger partial charge in [0.1, 0.15) is 6.61 Å². The van der Waals surface area contributed by atoms with Crippen LogP contribution >= 0.6 is 23.5 Å². The van der Waals surface area contributed by atoms with E-state index in [-0.39, 0.29) is 23.8 Å². The average molecular weight is 392 g/mol. The van der Waals surface area contributed by atoms with Gasteiger partial charge in [0.2, 0.25) is 5.91 Å². The van der Waals surface area contributed by atoms with Crippen LogP contribution in [0.4, 0.5) is 4.79 Å². The van der Waals surface area contributed by atoms with Gasteiger partial charge >= 0.3 is 6.09 Å². The molecule has 0 spiro atoms. The van der Waals surface area contributed by atoms with E-state index in [0.717, 1.165) is 17.1 Å². The summed E-state index contributed by atoms with van der Waals surface area (Å²) in [5, 5.41) is 0. The predicted molar refractivity (Wildman–Crippen MR) is 108 cm³/mol. The molecule has 26 heavy (non-hydrogen) atoms. The highest BCUT2D eigenvalue weighted by molar-refractivity contribution is 8.22. The fraction of sp³-hybridized carbons (Fsp3) is 0.500. The van der Waals surface area contributed by atoms with Crippen molar-refractivity contribution in [3.05, 3.63) is 46.2 Å². The lowest BCUT2D eigenvalue weighted by Crippen LogP contribution is -2.45. The molecule has 2 atom stereocenters. The molecule has 4 nitrogen and oxygen atoms in total. The number of carbonyl (C=O) groups is 2. The fourth-order valence-electron chi connectivity index (χ4n) is 3.15. The number of amides is 2. The molecule has 3 rings (SSSR count). The highest BCUT2D eigenvalue weighted by Gasteiger charge is 2.41. The maximum Gasteiger partial charge on any atom is 0.417 e. The number of ether oxygens (including phenoxy) is 1. The lowest BCUT2D eigenvalue weighted by molar-refractivity contribution is -0.132. The van der Waals surface area contributed by atoms with Crippen LogP contribution in [-0.4, -0.2) is 41.1 Å². The van der Waals surface area contributed by atoms with Crippen molar-refractivity contribution in [1.29, 1.82) is 0 Å². The number of benzene rings is 1. The molecule has 2 amide bonds. The summed E-state index contributed by atoms with van der Waals surface area (Å²) in [5.41, 5.74) is 1.10. The average Bonchev–Trinajstić information content (AvgIpc) is 3.04. The Kier molecular flexibility index (Phi) is 6.70. The van der Waals surface area contributed by atoms with Gasteiger partial charge in [0.25, 0.3) is 0 Å². The number of imide groups is 1. The zero-order valence-electron chi connectivity index (χ0n) is 15.2. The minimum atomic E-state index is -0.505. The van der Waals surface area contributed by atoms with E-state index in [1.807, 2.05) is 67.7 Å². The topological polar surface area (TPSA) is 46.6 Å². The first-order valence-corrected chi connectivity index (χ1v) is 11.0. The summed E-state index contributed by atoms with van der Waals surface area (Å²) >= 11 is 3.61. The van der Waals surface area contributed by atoms with Crippen molar-refractivity contribution in [1.82, 2.24) is 4.90 Å². The summed E-state index contributed by atoms with van der Waals surface area (Å²) in [4.78, 5) is 26.9. The van der Waals surface area contributed by atoms with Gasteiger partial charge in [-0.15, -0.1) is 23.5 Å². The maximum absolute atomic E-state index is 13.3. The van der Waals surface area contributed by atoms with Crippen LogP contribution in [-0.2, 0) is 16.0 Å². The second-order valence-electron chi connectivity index (χ2n) is 6.93. The third-order valence-electron chi connectivity index (χ3n) is 4.64. The molecule has 1 aromatic rings. The SMILES string of the molecule is CC(C)[C@H]1COC(=O)N1C(=O)[C@H](C=C1SCCCS1)Cc1ccccc1. The molecule has 2 fully saturated rings. The van der Waals surface area contributed by atoms with Gasteiger partial charge < -0.3 is 4.74 Å². The van der Waals surface area contributed by atoms with Gasteiger partial charge in [-0.1, -0.05) is 50.3 Å². The number of rotatable bonds is 5. The van der Waals surface area contributed by atoms with Crippen LogP contribution in [0.15, 0.2) is 40.6 Å². The van der Waals surface area contributed by atoms with Crippen LogP contribution in [0.25, 0.3) is 0 Å². The number of carbonyl (C=O) groups excluding carboxylic acids is 2. The minimum absolute atomic E-state index is 0.144. The number of thioether (sulfide) groups is 2. The molecule has 2 saturated heterocycles. The molecule has 0 unspecified atom stereocenters. The molecule has 0 bridgehead atoms. The Balaban J connectivity index is 1.86. The molecule has 0 radical (unpaired) electrons. The summed E-state index contributed by atoms with van der Waals surface area (Å²) in [6.45, 7) is 4.33. The smallest absolute Gasteiger partial charge is 0.417 e. The van der Waals surface area contributed by atoms with Crippen molar-refractivity contribution in [2.45, 2.75) is 32.7 Å². The monoisotopic (exact) mass is 391 g/mol. The van der Waals surface area contributed by atoms with E-state index in [9.17, 15) is 9.59 Å². The minimum Gasteiger partial charge on any atom is -0.447 e. The van der Waals surface area contributed by atoms with Crippen LogP contribution in [0.2, 0.25) is 0 Å². The Hall–Kier alpha value is -1.40. The Labute approximate surface area is 163 Å². The predicted octanol–water partition coefficient (Wildman–Crippen LogP) is 4.56. The molecule has 6 heteroatoms. The van der Waals surface area contributed by atoms with Gasteiger partial charge in [-0.2, -0.15) is 0 Å². The number of hydrogen-bond donors (Lipinski definition) is 0. The number of nitrogens with zero attached hydrogens (tertiary/aromatic N) is 1. The van der Waals surface area contributed by atoms with E-state index in [1.54, 1.807) is 0 Å². The summed E-state index contributed by atoms with van der Waals surface area (Å²) < 4.78 is 6.38. The van der Waals surface area contributed by atoms with Gasteiger partial charge in [-0.3, -0.25) is 4.79 Å². The van der Waals surface area contributed by atoms with E-state index in [2.05, 4.69) is 6.08 Å². The van der Waals surface area contributed by atoms with Gasteiger partial charge in [-0.05, 0) is 35.8 Å². The van der Waals surface area contributed by atoms with Crippen molar-refractivity contribution in [2.24, 2.45) is 11.8 Å². The molecule has 2 heterocycles. The molecule has 2 aliphatic heterocycles. The normalized spacial score (nSPS) is 21.7. The zero-order chi connectivity index (χ0) is 18.5. The van der Waals surface area contributed by atoms with Crippen LogP contribution in [0, 0.1) is 11.8 Å². The highest BCUT2D eigenvalue weighted by Crippen LogP contribution is 2.36. The van der Waals surface area contributed by atoms with Crippen molar-refractivity contribution in [3.8, 4) is 0 Å². The Bertz CT molecular complexity index is 667. The molecule has 1 aromatic carbocycles. The van der Waals surface area contributed by atoms with E-state index < -0.39 is 6.09 Å². The Morgan fingerprint density at radius 3 is 2.62 bits per heavy atom. The van der Waals surface area contributed by atoms with Crippen molar-refractivity contribution >= 4 is 35.5 Å². The molecular weight excluding hydrogens is 366 g/mol. The first-order chi connectivity index (χ1) is 12.6. The van der Waals surface area contributed by atoms with Gasteiger partial charge in [0, 0.05) is 4.24 Å². The van der Waals surface area contributed by atoms with Crippen LogP contribution < -0.4 is 0 Å². The third kappa shape index (κ3) is 4.65. The van der Waals surface area contributed by atoms with Gasteiger partial charge in [-0.25, -0.2) is 9.69 Å². The molecule has 0 saturated carbocycles. The largest absolute Gasteiger partial charge is 0.447 e. The summed E-state index contributed by atoms with van der Waals surface area (Å²) in [6, 6.07) is 9.81. The van der Waals surface area contributed by atoms with E-state index in [0.29, 0.717) is 13.0 Å². The van der Waals surface area contributed by atoms with Crippen LogP contribution in [0.5, 0.6) is 0 Å². The van der Waals surface area contributed by atoms with Gasteiger partial charge in [0.15, 0.2) is 0 Å². The Morgan fingerprint density at radius 2 is 1.96 bits per heavy atom. The maximum atomic E-state index is 13.3. The molecule has 2 aliphatic rings. The number of cyclic esters (lactones) is 1. The van der Waals surface area contributed by atoms with Crippen LogP contribution in [0.1, 0.15) is 25.8 Å². The van der Waals surface area contributed by atoms with Crippen LogP contribution in [0.3, 0.4) is 0 Å². The first-order valence-electron chi connectivity index (χ1n) is 9.07. The fourth-order valence-corrected chi connectivity index (χ4v) is 5.67.